The van der Waals surface area contributed by atoms with Crippen LogP contribution in [-0.2, 0) is 11.2 Å². The molecule has 1 aliphatic carbocycles. The third-order valence-electron chi connectivity index (χ3n) is 6.98. The number of rotatable bonds is 6. The highest BCUT2D eigenvalue weighted by atomic mass is 16.5. The van der Waals surface area contributed by atoms with Crippen LogP contribution in [0.15, 0.2) is 47.7 Å². The molecule has 1 aromatic heterocycles. The predicted molar refractivity (Wildman–Crippen MR) is 135 cm³/mol. The van der Waals surface area contributed by atoms with Crippen LogP contribution in [0.5, 0.6) is 11.6 Å². The van der Waals surface area contributed by atoms with Gasteiger partial charge >= 0.3 is 0 Å². The molecule has 34 heavy (non-hydrogen) atoms. The number of aliphatic imine (C=N–C) groups is 1. The highest BCUT2D eigenvalue weighted by Gasteiger charge is 2.39. The van der Waals surface area contributed by atoms with Crippen molar-refractivity contribution < 1.29 is 9.53 Å². The van der Waals surface area contributed by atoms with Crippen LogP contribution in [0.4, 0.5) is 5.69 Å². The van der Waals surface area contributed by atoms with Crippen molar-refractivity contribution in [2.45, 2.75) is 57.5 Å². The summed E-state index contributed by atoms with van der Waals surface area (Å²) < 4.78 is 6.40. The lowest BCUT2D eigenvalue weighted by atomic mass is 9.91. The summed E-state index contributed by atoms with van der Waals surface area (Å²) in [6.45, 7) is 4.10. The molecule has 0 spiro atoms. The first-order valence-corrected chi connectivity index (χ1v) is 12.4. The number of nitrogens with zero attached hydrogens (tertiary/aromatic N) is 3. The highest BCUT2D eigenvalue weighted by Crippen LogP contribution is 2.44. The summed E-state index contributed by atoms with van der Waals surface area (Å²) in [6, 6.07) is 10.1. The number of anilines is 1. The number of hydrogen-bond donors (Lipinski definition) is 2. The molecule has 2 aliphatic heterocycles. The van der Waals surface area contributed by atoms with Gasteiger partial charge in [-0.25, -0.2) is 4.98 Å². The number of hydrogen-bond acceptors (Lipinski definition) is 6. The number of pyridine rings is 1. The topological polar surface area (TPSA) is 92.8 Å². The van der Waals surface area contributed by atoms with E-state index in [2.05, 4.69) is 17.2 Å². The van der Waals surface area contributed by atoms with Crippen LogP contribution in [0.2, 0.25) is 0 Å². The molecule has 1 saturated heterocycles. The number of carbonyl (C=O) groups excluding carboxylic acids is 1. The maximum absolute atomic E-state index is 13.2. The minimum absolute atomic E-state index is 0.157. The van der Waals surface area contributed by atoms with E-state index in [9.17, 15) is 4.79 Å². The highest BCUT2D eigenvalue weighted by molar-refractivity contribution is 6.11. The molecule has 1 aromatic carbocycles. The third kappa shape index (κ3) is 4.71. The van der Waals surface area contributed by atoms with Crippen LogP contribution in [0.1, 0.15) is 50.2 Å². The molecule has 2 fully saturated rings. The predicted octanol–water partition coefficient (Wildman–Crippen LogP) is 4.07. The van der Waals surface area contributed by atoms with Gasteiger partial charge in [-0.15, -0.1) is 0 Å². The normalized spacial score (nSPS) is 21.5. The van der Waals surface area contributed by atoms with Crippen molar-refractivity contribution in [2.75, 3.05) is 18.0 Å². The van der Waals surface area contributed by atoms with E-state index in [1.165, 1.54) is 0 Å². The summed E-state index contributed by atoms with van der Waals surface area (Å²) in [4.78, 5) is 24.4. The SMILES string of the molecule is CC1CCc2c(ccc(C(C=NC3CCNCC3)=CN)c2Oc2ccccn2)N1C(=O)C1CC1. The number of fused-ring (bicyclic) bond motifs is 1. The monoisotopic (exact) mass is 459 g/mol. The van der Waals surface area contributed by atoms with Crippen LogP contribution in [0.25, 0.3) is 5.57 Å². The van der Waals surface area contributed by atoms with Gasteiger partial charge in [0, 0.05) is 53.3 Å². The standard InChI is InChI=1S/C27H33N5O2/c1-18-5-8-23-24(32(18)27(33)19-6-7-19)10-9-22(26(23)34-25-4-2-3-13-30-25)20(16-28)17-31-21-11-14-29-15-12-21/h2-4,9-10,13,16-19,21,29H,5-8,11-12,14-15,28H2,1H3. The number of amides is 1. The fraction of sp³-hybridized carbons (Fsp3) is 0.444. The van der Waals surface area contributed by atoms with Crippen molar-refractivity contribution in [3.05, 3.63) is 53.9 Å². The fourth-order valence-corrected chi connectivity index (χ4v) is 4.87. The molecule has 0 radical (unpaired) electrons. The van der Waals surface area contributed by atoms with E-state index in [1.54, 1.807) is 12.4 Å². The minimum atomic E-state index is 0.157. The van der Waals surface area contributed by atoms with E-state index in [0.717, 1.165) is 74.0 Å². The van der Waals surface area contributed by atoms with Gasteiger partial charge in [0.1, 0.15) is 5.75 Å². The van der Waals surface area contributed by atoms with Crippen LogP contribution < -0.4 is 20.7 Å². The number of aromatic nitrogens is 1. The Morgan fingerprint density at radius 1 is 1.18 bits per heavy atom. The van der Waals surface area contributed by atoms with Crippen LogP contribution in [0, 0.1) is 5.92 Å². The van der Waals surface area contributed by atoms with Gasteiger partial charge in [-0.3, -0.25) is 9.79 Å². The summed E-state index contributed by atoms with van der Waals surface area (Å²) in [5, 5.41) is 3.38. The molecule has 1 atom stereocenters. The molecule has 3 N–H and O–H groups in total. The zero-order chi connectivity index (χ0) is 23.5. The molecule has 1 unspecified atom stereocenters. The van der Waals surface area contributed by atoms with Gasteiger partial charge in [-0.05, 0) is 76.7 Å². The van der Waals surface area contributed by atoms with E-state index in [4.69, 9.17) is 15.5 Å². The van der Waals surface area contributed by atoms with E-state index in [0.29, 0.717) is 17.7 Å². The lowest BCUT2D eigenvalue weighted by molar-refractivity contribution is -0.120. The van der Waals surface area contributed by atoms with Crippen LogP contribution >= 0.6 is 0 Å². The Balaban J connectivity index is 1.55. The Morgan fingerprint density at radius 2 is 2.00 bits per heavy atom. The molecule has 3 heterocycles. The molecular formula is C27H33N5O2. The largest absolute Gasteiger partial charge is 0.438 e. The fourth-order valence-electron chi connectivity index (χ4n) is 4.87. The summed E-state index contributed by atoms with van der Waals surface area (Å²) >= 11 is 0. The number of nitrogens with one attached hydrogen (secondary N) is 1. The Morgan fingerprint density at radius 3 is 2.71 bits per heavy atom. The number of piperidine rings is 1. The molecule has 1 saturated carbocycles. The van der Waals surface area contributed by atoms with Crippen LogP contribution in [0.3, 0.4) is 0 Å². The molecule has 2 aromatic rings. The van der Waals surface area contributed by atoms with Gasteiger partial charge in [-0.1, -0.05) is 6.07 Å². The van der Waals surface area contributed by atoms with Gasteiger partial charge in [0.25, 0.3) is 0 Å². The maximum Gasteiger partial charge on any atom is 0.230 e. The molecular weight excluding hydrogens is 426 g/mol. The zero-order valence-electron chi connectivity index (χ0n) is 19.7. The van der Waals surface area contributed by atoms with E-state index in [-0.39, 0.29) is 17.9 Å². The smallest absolute Gasteiger partial charge is 0.230 e. The molecule has 1 amide bonds. The van der Waals surface area contributed by atoms with E-state index >= 15 is 0 Å². The first-order chi connectivity index (χ1) is 16.7. The zero-order valence-corrected chi connectivity index (χ0v) is 19.7. The van der Waals surface area contributed by atoms with Crippen molar-refractivity contribution in [2.24, 2.45) is 16.6 Å². The maximum atomic E-state index is 13.2. The second kappa shape index (κ2) is 9.97. The first-order valence-electron chi connectivity index (χ1n) is 12.4. The van der Waals surface area contributed by atoms with Gasteiger partial charge in [0.05, 0.1) is 11.7 Å². The number of ether oxygens (including phenoxy) is 1. The molecule has 0 bridgehead atoms. The number of benzene rings is 1. The molecule has 5 rings (SSSR count). The van der Waals surface area contributed by atoms with E-state index in [1.807, 2.05) is 41.4 Å². The second-order valence-corrected chi connectivity index (χ2v) is 9.46. The van der Waals surface area contributed by atoms with Crippen molar-refractivity contribution in [3.8, 4) is 11.6 Å². The third-order valence-corrected chi connectivity index (χ3v) is 6.98. The summed E-state index contributed by atoms with van der Waals surface area (Å²) in [5.41, 5.74) is 9.76. The van der Waals surface area contributed by atoms with Gasteiger partial charge in [-0.2, -0.15) is 0 Å². The number of carbonyl (C=O) groups is 1. The Kier molecular flexibility index (Phi) is 6.63. The summed E-state index contributed by atoms with van der Waals surface area (Å²) in [6.07, 6.45) is 10.9. The molecule has 3 aliphatic rings. The van der Waals surface area contributed by atoms with Crippen molar-refractivity contribution in [1.82, 2.24) is 10.3 Å². The van der Waals surface area contributed by atoms with Crippen molar-refractivity contribution in [3.63, 3.8) is 0 Å². The number of nitrogens with two attached hydrogens (primary N) is 1. The van der Waals surface area contributed by atoms with Gasteiger partial charge < -0.3 is 20.7 Å². The van der Waals surface area contributed by atoms with Gasteiger partial charge in [0.2, 0.25) is 11.8 Å². The average molecular weight is 460 g/mol. The molecule has 7 heteroatoms. The Bertz CT molecular complexity index is 1090. The number of allylic oxidation sites excluding steroid dienone is 1. The molecule has 178 valence electrons. The minimum Gasteiger partial charge on any atom is -0.438 e. The van der Waals surface area contributed by atoms with Crippen molar-refractivity contribution >= 4 is 23.4 Å². The first kappa shape index (κ1) is 22.6. The second-order valence-electron chi connectivity index (χ2n) is 9.46. The summed E-state index contributed by atoms with van der Waals surface area (Å²) in [7, 11) is 0. The molecule has 7 nitrogen and oxygen atoms in total. The quantitative estimate of drug-likeness (QED) is 0.635. The average Bonchev–Trinajstić information content (AvgIpc) is 3.72. The Labute approximate surface area is 201 Å². The summed E-state index contributed by atoms with van der Waals surface area (Å²) in [5.74, 6) is 1.62. The lowest BCUT2D eigenvalue weighted by Gasteiger charge is -2.36. The Hall–Kier alpha value is -3.19. The van der Waals surface area contributed by atoms with Gasteiger partial charge in [0.15, 0.2) is 0 Å². The lowest BCUT2D eigenvalue weighted by Crippen LogP contribution is -2.43. The van der Waals surface area contributed by atoms with E-state index < -0.39 is 0 Å². The van der Waals surface area contributed by atoms with Crippen molar-refractivity contribution in [1.29, 1.82) is 0 Å². The van der Waals surface area contributed by atoms with Crippen LogP contribution in [-0.4, -0.2) is 42.3 Å².